The maximum Gasteiger partial charge on any atom is 0.315 e. The predicted octanol–water partition coefficient (Wildman–Crippen LogP) is 15.5. The van der Waals surface area contributed by atoms with Crippen LogP contribution in [-0.2, 0) is 67.3 Å². The van der Waals surface area contributed by atoms with E-state index in [1.165, 1.54) is 0 Å². The Morgan fingerprint density at radius 2 is 0.606 bits per heavy atom. The summed E-state index contributed by atoms with van der Waals surface area (Å²) in [5.41, 5.74) is 29.4. The lowest BCUT2D eigenvalue weighted by Gasteiger charge is -2.15. The zero-order chi connectivity index (χ0) is 69.6. The molecule has 0 spiro atoms. The van der Waals surface area contributed by atoms with Crippen LogP contribution in [0, 0.1) is 20.8 Å². The van der Waals surface area contributed by atoms with Gasteiger partial charge in [0.05, 0.1) is 37.0 Å². The van der Waals surface area contributed by atoms with E-state index < -0.39 is 17.8 Å². The van der Waals surface area contributed by atoms with Gasteiger partial charge in [0.15, 0.2) is 0 Å². The van der Waals surface area contributed by atoms with E-state index >= 15 is 0 Å². The molecule has 0 fully saturated rings. The van der Waals surface area contributed by atoms with Crippen molar-refractivity contribution in [2.24, 2.45) is 17.2 Å². The number of rotatable bonds is 24. The molecule has 12 heteroatoms. The summed E-state index contributed by atoms with van der Waals surface area (Å²) in [6.45, 7) is 6.65. The molecule has 3 unspecified atom stereocenters. The fourth-order valence-corrected chi connectivity index (χ4v) is 12.1. The molecule has 3 atom stereocenters. The molecule has 498 valence electrons. The maximum absolute atomic E-state index is 13.0. The minimum Gasteiger partial charge on any atom is -0.426 e. The van der Waals surface area contributed by atoms with Crippen molar-refractivity contribution in [2.45, 2.75) is 77.0 Å². The van der Waals surface area contributed by atoms with Gasteiger partial charge >= 0.3 is 17.9 Å². The third kappa shape index (κ3) is 19.9. The first-order valence-corrected chi connectivity index (χ1v) is 33.3. The summed E-state index contributed by atoms with van der Waals surface area (Å²) in [4.78, 5) is 75.9. The molecule has 12 rings (SSSR count). The van der Waals surface area contributed by atoms with E-state index in [0.717, 1.165) is 99.1 Å². The highest BCUT2D eigenvalue weighted by Gasteiger charge is 2.23. The zero-order valence-corrected chi connectivity index (χ0v) is 56.0. The lowest BCUT2D eigenvalue weighted by molar-refractivity contribution is -0.134. The van der Waals surface area contributed by atoms with Crippen molar-refractivity contribution in [1.82, 2.24) is 0 Å². The molecule has 0 bridgehead atoms. The monoisotopic (exact) mass is 1310 g/mol. The van der Waals surface area contributed by atoms with Gasteiger partial charge in [0.2, 0.25) is 0 Å². The standard InChI is InChI=1S/C30H29NO3.C29H27NO3.C28H25NO3/c1-20-7-9-25(21(2)15-20)18-30(33)34-27-13-11-24(12-14-27)28(19-31)29(32)17-22-8-10-23-5-3-4-6-26(23)16-22;1-20-6-2-3-8-24(20)18-29(32)33-26-14-12-23(13-15-26)27(19-30)28(31)17-21-10-11-22-7-4-5-9-25(22)16-21;29-19-26(27(30)17-21-10-11-22-8-4-5-9-24(22)16-21)23-12-14-25(15-13-23)32-28(31)18-20-6-2-1-3-7-20/h3-16,28H,17-19,31H2,1-2H3;2-16,27H,17-19,30H2,1H3;1-16,26H,17-19,29H2. The minimum atomic E-state index is -0.411. The van der Waals surface area contributed by atoms with Gasteiger partial charge < -0.3 is 31.4 Å². The summed E-state index contributed by atoms with van der Waals surface area (Å²) in [7, 11) is 0. The molecule has 0 aliphatic heterocycles. The Hall–Kier alpha value is -11.3. The molecule has 0 saturated heterocycles. The summed E-state index contributed by atoms with van der Waals surface area (Å²) >= 11 is 0. The molecule has 99 heavy (non-hydrogen) atoms. The van der Waals surface area contributed by atoms with Gasteiger partial charge in [0.1, 0.15) is 34.6 Å². The SMILES string of the molecule is Cc1ccc(CC(=O)Oc2ccc(C(CN)C(=O)Cc3ccc4ccccc4c3)cc2)c(C)c1.Cc1ccccc1CC(=O)Oc1ccc(C(CN)C(=O)Cc2ccc3ccccc3c2)cc1.NCC(C(=O)Cc1ccc2ccccc2c1)c1ccc(OC(=O)Cc2ccccc2)cc1. The molecule has 12 nitrogen and oxygen atoms in total. The number of hydrogen-bond donors (Lipinski definition) is 3. The second-order valence-electron chi connectivity index (χ2n) is 24.8. The lowest BCUT2D eigenvalue weighted by atomic mass is 9.90. The third-order valence-corrected chi connectivity index (χ3v) is 17.6. The molecule has 0 aromatic heterocycles. The number of ether oxygens (including phenoxy) is 3. The number of aryl methyl sites for hydroxylation is 3. The number of ketones is 3. The number of carbonyl (C=O) groups is 6. The van der Waals surface area contributed by atoms with Crippen LogP contribution in [0.25, 0.3) is 32.3 Å². The molecule has 0 aliphatic rings. The van der Waals surface area contributed by atoms with Crippen molar-refractivity contribution in [1.29, 1.82) is 0 Å². The normalized spacial score (nSPS) is 11.8. The fourth-order valence-electron chi connectivity index (χ4n) is 12.1. The van der Waals surface area contributed by atoms with E-state index in [2.05, 4.69) is 42.5 Å². The smallest absolute Gasteiger partial charge is 0.315 e. The van der Waals surface area contributed by atoms with Gasteiger partial charge in [0.25, 0.3) is 0 Å². The van der Waals surface area contributed by atoms with Crippen LogP contribution >= 0.6 is 0 Å². The molecule has 0 aliphatic carbocycles. The molecular formula is C87H81N3O9. The van der Waals surface area contributed by atoms with E-state index in [1.807, 2.05) is 203 Å². The Bertz CT molecular complexity index is 4780. The van der Waals surface area contributed by atoms with E-state index in [0.29, 0.717) is 36.5 Å². The van der Waals surface area contributed by atoms with E-state index in [9.17, 15) is 28.8 Å². The van der Waals surface area contributed by atoms with Crippen LogP contribution < -0.4 is 31.4 Å². The van der Waals surface area contributed by atoms with E-state index in [4.69, 9.17) is 31.4 Å². The first kappa shape index (κ1) is 70.5. The van der Waals surface area contributed by atoms with E-state index in [-0.39, 0.29) is 74.2 Å². The lowest BCUT2D eigenvalue weighted by Crippen LogP contribution is -2.23. The fraction of sp³-hybridized carbons (Fsp3) is 0.172. The molecular weight excluding hydrogens is 1230 g/mol. The number of hydrogen-bond acceptors (Lipinski definition) is 12. The van der Waals surface area contributed by atoms with Gasteiger partial charge in [-0.05, 0) is 151 Å². The van der Waals surface area contributed by atoms with Crippen molar-refractivity contribution < 1.29 is 43.0 Å². The molecule has 6 N–H and O–H groups in total. The molecule has 0 saturated carbocycles. The Morgan fingerprint density at radius 1 is 0.283 bits per heavy atom. The highest BCUT2D eigenvalue weighted by Crippen LogP contribution is 2.28. The number of nitrogens with two attached hydrogens (primary N) is 3. The Morgan fingerprint density at radius 3 is 0.960 bits per heavy atom. The number of Topliss-reactive ketones (excluding diaryl/α,β-unsaturated/α-hetero) is 3. The molecule has 12 aromatic rings. The predicted molar refractivity (Wildman–Crippen MR) is 394 cm³/mol. The molecule has 12 aromatic carbocycles. The highest BCUT2D eigenvalue weighted by atomic mass is 16.5. The summed E-state index contributed by atoms with van der Waals surface area (Å²) in [6, 6.07) is 86.9. The summed E-state index contributed by atoms with van der Waals surface area (Å²) in [5, 5.41) is 6.79. The number of fused-ring (bicyclic) bond motifs is 3. The van der Waals surface area contributed by atoms with Crippen molar-refractivity contribution >= 4 is 67.6 Å². The van der Waals surface area contributed by atoms with Crippen molar-refractivity contribution in [3.05, 3.63) is 340 Å². The third-order valence-electron chi connectivity index (χ3n) is 17.6. The average molecular weight is 1310 g/mol. The number of carbonyl (C=O) groups excluding carboxylic acids is 6. The Kier molecular flexibility index (Phi) is 24.6. The number of esters is 3. The largest absolute Gasteiger partial charge is 0.426 e. The van der Waals surface area contributed by atoms with Gasteiger partial charge in [-0.3, -0.25) is 28.8 Å². The summed E-state index contributed by atoms with van der Waals surface area (Å²) in [5.74, 6) is -0.631. The average Bonchev–Trinajstić information content (AvgIpc) is 0.884. The second kappa shape index (κ2) is 34.6. The van der Waals surface area contributed by atoms with Gasteiger partial charge in [-0.2, -0.15) is 0 Å². The van der Waals surface area contributed by atoms with Crippen LogP contribution in [0.15, 0.2) is 273 Å². The number of benzene rings is 12. The van der Waals surface area contributed by atoms with Crippen molar-refractivity contribution in [2.75, 3.05) is 19.6 Å². The Labute approximate surface area is 578 Å². The van der Waals surface area contributed by atoms with Crippen LogP contribution in [0.3, 0.4) is 0 Å². The Balaban J connectivity index is 0.000000161. The second-order valence-corrected chi connectivity index (χ2v) is 24.8. The van der Waals surface area contributed by atoms with Crippen LogP contribution in [0.4, 0.5) is 0 Å². The first-order valence-electron chi connectivity index (χ1n) is 33.3. The first-order chi connectivity index (χ1) is 48.1. The van der Waals surface area contributed by atoms with Crippen LogP contribution in [-0.4, -0.2) is 54.9 Å². The molecule has 0 amide bonds. The van der Waals surface area contributed by atoms with Gasteiger partial charge in [0, 0.05) is 38.9 Å². The molecule has 0 heterocycles. The summed E-state index contributed by atoms with van der Waals surface area (Å²) in [6.07, 6.45) is 1.59. The highest BCUT2D eigenvalue weighted by molar-refractivity contribution is 5.92. The molecule has 0 radical (unpaired) electrons. The van der Waals surface area contributed by atoms with Crippen molar-refractivity contribution in [3.63, 3.8) is 0 Å². The van der Waals surface area contributed by atoms with Gasteiger partial charge in [-0.1, -0.05) is 242 Å². The topological polar surface area (TPSA) is 208 Å². The van der Waals surface area contributed by atoms with E-state index in [1.54, 1.807) is 48.5 Å². The van der Waals surface area contributed by atoms with Crippen LogP contribution in [0.2, 0.25) is 0 Å². The maximum atomic E-state index is 13.0. The summed E-state index contributed by atoms with van der Waals surface area (Å²) < 4.78 is 16.4. The van der Waals surface area contributed by atoms with Crippen LogP contribution in [0.1, 0.15) is 84.5 Å². The van der Waals surface area contributed by atoms with Gasteiger partial charge in [-0.15, -0.1) is 0 Å². The zero-order valence-electron chi connectivity index (χ0n) is 56.0. The quantitative estimate of drug-likeness (QED) is 0.0381. The minimum absolute atomic E-state index is 0.0663. The van der Waals surface area contributed by atoms with Crippen molar-refractivity contribution in [3.8, 4) is 17.2 Å². The van der Waals surface area contributed by atoms with Crippen LogP contribution in [0.5, 0.6) is 17.2 Å². The van der Waals surface area contributed by atoms with Gasteiger partial charge in [-0.25, -0.2) is 0 Å².